The molecule has 4 aromatic carbocycles. The number of aryl methyl sites for hydroxylation is 2. The molecule has 0 aliphatic heterocycles. The zero-order valence-corrected chi connectivity index (χ0v) is 26.8. The van der Waals surface area contributed by atoms with Crippen LogP contribution in [0.4, 0.5) is 5.69 Å². The number of anilines is 1. The highest BCUT2D eigenvalue weighted by Crippen LogP contribution is 2.26. The number of amides is 2. The van der Waals surface area contributed by atoms with Gasteiger partial charge in [-0.05, 0) is 75.6 Å². The van der Waals surface area contributed by atoms with Crippen molar-refractivity contribution in [2.45, 2.75) is 64.1 Å². The summed E-state index contributed by atoms with van der Waals surface area (Å²) in [5.41, 5.74) is 3.50. The summed E-state index contributed by atoms with van der Waals surface area (Å²) in [5.74, 6) is -0.797. The highest BCUT2D eigenvalue weighted by atomic mass is 32.2. The lowest BCUT2D eigenvalue weighted by atomic mass is 10.00. The predicted octanol–water partition coefficient (Wildman–Crippen LogP) is 6.05. The third-order valence-electron chi connectivity index (χ3n) is 7.30. The highest BCUT2D eigenvalue weighted by Gasteiger charge is 2.35. The molecule has 0 spiro atoms. The van der Waals surface area contributed by atoms with Crippen molar-refractivity contribution in [1.29, 1.82) is 0 Å². The predicted molar refractivity (Wildman–Crippen MR) is 176 cm³/mol. The van der Waals surface area contributed by atoms with Crippen LogP contribution in [0.2, 0.25) is 0 Å². The van der Waals surface area contributed by atoms with Crippen LogP contribution < -0.4 is 9.62 Å². The summed E-state index contributed by atoms with van der Waals surface area (Å²) < 4.78 is 29.2. The molecule has 0 aromatic heterocycles. The van der Waals surface area contributed by atoms with Crippen LogP contribution >= 0.6 is 0 Å². The van der Waals surface area contributed by atoms with Crippen LogP contribution in [0.25, 0.3) is 0 Å². The maximum atomic E-state index is 14.5. The van der Waals surface area contributed by atoms with E-state index in [1.165, 1.54) is 17.0 Å². The van der Waals surface area contributed by atoms with E-state index < -0.39 is 34.1 Å². The third-order valence-corrected chi connectivity index (χ3v) is 9.09. The normalized spacial score (nSPS) is 12.3. The topological polar surface area (TPSA) is 86.8 Å². The summed E-state index contributed by atoms with van der Waals surface area (Å²) in [4.78, 5) is 30.1. The smallest absolute Gasteiger partial charge is 0.264 e. The van der Waals surface area contributed by atoms with Crippen molar-refractivity contribution in [3.8, 4) is 0 Å². The number of sulfonamides is 1. The van der Waals surface area contributed by atoms with Gasteiger partial charge in [-0.1, -0.05) is 90.5 Å². The van der Waals surface area contributed by atoms with Gasteiger partial charge in [-0.2, -0.15) is 0 Å². The lowest BCUT2D eigenvalue weighted by Gasteiger charge is -2.35. The first-order valence-corrected chi connectivity index (χ1v) is 16.1. The van der Waals surface area contributed by atoms with E-state index in [1.807, 2.05) is 101 Å². The summed E-state index contributed by atoms with van der Waals surface area (Å²) in [5, 5.41) is 3.06. The third kappa shape index (κ3) is 8.35. The zero-order valence-electron chi connectivity index (χ0n) is 26.0. The molecule has 1 N–H and O–H groups in total. The highest BCUT2D eigenvalue weighted by molar-refractivity contribution is 7.92. The molecule has 0 aliphatic carbocycles. The molecule has 0 heterocycles. The average molecular weight is 612 g/mol. The number of hydrogen-bond donors (Lipinski definition) is 1. The fraction of sp³-hybridized carbons (Fsp3) is 0.278. The van der Waals surface area contributed by atoms with Crippen LogP contribution in [0.15, 0.2) is 114 Å². The average Bonchev–Trinajstić information content (AvgIpc) is 2.99. The van der Waals surface area contributed by atoms with Gasteiger partial charge in [-0.15, -0.1) is 0 Å². The van der Waals surface area contributed by atoms with Gasteiger partial charge in [0.1, 0.15) is 12.6 Å². The lowest BCUT2D eigenvalue weighted by molar-refractivity contribution is -0.140. The quantitative estimate of drug-likeness (QED) is 0.224. The van der Waals surface area contributed by atoms with E-state index in [0.29, 0.717) is 5.69 Å². The van der Waals surface area contributed by atoms with Gasteiger partial charge in [0.25, 0.3) is 10.0 Å². The Morgan fingerprint density at radius 1 is 0.773 bits per heavy atom. The van der Waals surface area contributed by atoms with Gasteiger partial charge < -0.3 is 10.2 Å². The van der Waals surface area contributed by atoms with Gasteiger partial charge in [0, 0.05) is 18.5 Å². The van der Waals surface area contributed by atoms with Crippen LogP contribution in [0.1, 0.15) is 43.0 Å². The molecule has 8 heteroatoms. The second kappa shape index (κ2) is 13.9. The number of nitrogens with zero attached hydrogens (tertiary/aromatic N) is 2. The fourth-order valence-electron chi connectivity index (χ4n) is 4.94. The van der Waals surface area contributed by atoms with E-state index in [-0.39, 0.29) is 23.8 Å². The van der Waals surface area contributed by atoms with Crippen LogP contribution in [0.3, 0.4) is 0 Å². The monoisotopic (exact) mass is 611 g/mol. The van der Waals surface area contributed by atoms with Crippen molar-refractivity contribution in [2.75, 3.05) is 10.8 Å². The van der Waals surface area contributed by atoms with Gasteiger partial charge in [-0.3, -0.25) is 13.9 Å². The van der Waals surface area contributed by atoms with Gasteiger partial charge in [-0.25, -0.2) is 8.42 Å². The Hall–Kier alpha value is -4.43. The molecular weight excluding hydrogens is 570 g/mol. The first kappa shape index (κ1) is 32.5. The lowest BCUT2D eigenvalue weighted by Crippen LogP contribution is -2.56. The number of carbonyl (C=O) groups excluding carboxylic acids is 2. The van der Waals surface area contributed by atoms with Gasteiger partial charge in [0.2, 0.25) is 11.8 Å². The minimum atomic E-state index is -4.12. The molecule has 1 atom stereocenters. The molecular formula is C36H41N3O4S. The SMILES string of the molecule is Cc1ccc(N(CC(=O)N(Cc2ccccc2C)[C@H](Cc2ccccc2)C(=O)NC(C)(C)C)S(=O)(=O)c2ccccc2)cc1. The second-order valence-electron chi connectivity index (χ2n) is 12.1. The Morgan fingerprint density at radius 2 is 1.34 bits per heavy atom. The molecule has 0 aliphatic rings. The molecule has 44 heavy (non-hydrogen) atoms. The molecule has 2 amide bonds. The van der Waals surface area contributed by atoms with Crippen LogP contribution in [0, 0.1) is 13.8 Å². The maximum Gasteiger partial charge on any atom is 0.264 e. The summed E-state index contributed by atoms with van der Waals surface area (Å²) in [7, 11) is -4.12. The Bertz CT molecular complexity index is 1670. The largest absolute Gasteiger partial charge is 0.350 e. The molecule has 4 aromatic rings. The van der Waals surface area contributed by atoms with Crippen LogP contribution in [-0.4, -0.2) is 43.3 Å². The van der Waals surface area contributed by atoms with Gasteiger partial charge in [0.05, 0.1) is 10.6 Å². The van der Waals surface area contributed by atoms with E-state index in [0.717, 1.165) is 26.6 Å². The summed E-state index contributed by atoms with van der Waals surface area (Å²) in [6, 6.07) is 31.4. The molecule has 0 bridgehead atoms. The summed E-state index contributed by atoms with van der Waals surface area (Å²) in [6.07, 6.45) is 0.260. The molecule has 7 nitrogen and oxygen atoms in total. The van der Waals surface area contributed by atoms with Crippen molar-refractivity contribution in [3.63, 3.8) is 0 Å². The Kier molecular flexibility index (Phi) is 10.3. The molecule has 0 saturated carbocycles. The molecule has 0 fully saturated rings. The zero-order chi connectivity index (χ0) is 31.9. The first-order chi connectivity index (χ1) is 20.8. The Labute approximate surface area is 261 Å². The number of benzene rings is 4. The minimum absolute atomic E-state index is 0.0742. The van der Waals surface area contributed by atoms with Crippen molar-refractivity contribution >= 4 is 27.5 Å². The van der Waals surface area contributed by atoms with E-state index in [1.54, 1.807) is 30.3 Å². The number of carbonyl (C=O) groups is 2. The molecule has 230 valence electrons. The number of nitrogens with one attached hydrogen (secondary N) is 1. The summed E-state index contributed by atoms with van der Waals surface area (Å²) in [6.45, 7) is 9.19. The molecule has 4 rings (SSSR count). The maximum absolute atomic E-state index is 14.5. The standard InChI is InChI=1S/C36H41N3O4S/c1-27-20-22-31(23-21-27)39(44(42,43)32-18-10-7-11-19-32)26-34(40)38(25-30-17-13-12-14-28(30)2)33(35(41)37-36(3,4)5)24-29-15-8-6-9-16-29/h6-23,33H,24-26H2,1-5H3,(H,37,41)/t33-/m1/s1. The van der Waals surface area contributed by atoms with Crippen molar-refractivity contribution in [2.24, 2.45) is 0 Å². The van der Waals surface area contributed by atoms with Crippen molar-refractivity contribution in [1.82, 2.24) is 10.2 Å². The van der Waals surface area contributed by atoms with Gasteiger partial charge >= 0.3 is 0 Å². The van der Waals surface area contributed by atoms with Crippen molar-refractivity contribution in [3.05, 3.63) is 131 Å². The summed E-state index contributed by atoms with van der Waals surface area (Å²) >= 11 is 0. The van der Waals surface area contributed by atoms with Crippen LogP contribution in [0.5, 0.6) is 0 Å². The van der Waals surface area contributed by atoms with E-state index >= 15 is 0 Å². The van der Waals surface area contributed by atoms with E-state index in [4.69, 9.17) is 0 Å². The first-order valence-electron chi connectivity index (χ1n) is 14.7. The van der Waals surface area contributed by atoms with E-state index in [2.05, 4.69) is 5.32 Å². The second-order valence-corrected chi connectivity index (χ2v) is 13.9. The Morgan fingerprint density at radius 3 is 1.93 bits per heavy atom. The Balaban J connectivity index is 1.82. The molecule has 0 radical (unpaired) electrons. The minimum Gasteiger partial charge on any atom is -0.350 e. The van der Waals surface area contributed by atoms with Crippen LogP contribution in [-0.2, 0) is 32.6 Å². The van der Waals surface area contributed by atoms with E-state index in [9.17, 15) is 18.0 Å². The number of hydrogen-bond acceptors (Lipinski definition) is 4. The fourth-order valence-corrected chi connectivity index (χ4v) is 6.37. The number of rotatable bonds is 11. The van der Waals surface area contributed by atoms with Crippen molar-refractivity contribution < 1.29 is 18.0 Å². The molecule has 0 saturated heterocycles. The molecule has 0 unspecified atom stereocenters. The van der Waals surface area contributed by atoms with Gasteiger partial charge in [0.15, 0.2) is 0 Å².